The lowest BCUT2D eigenvalue weighted by molar-refractivity contribution is -0.0459. The highest BCUT2D eigenvalue weighted by molar-refractivity contribution is 7.04. The van der Waals surface area contributed by atoms with Crippen LogP contribution in [0.1, 0.15) is 185 Å². The lowest BCUT2D eigenvalue weighted by Crippen LogP contribution is -2.91. The predicted octanol–water partition coefficient (Wildman–Crippen LogP) is 13.2. The number of rotatable bonds is 9. The van der Waals surface area contributed by atoms with Crippen LogP contribution in [0.4, 0.5) is 0 Å². The summed E-state index contributed by atoms with van der Waals surface area (Å²) < 4.78 is 104. The van der Waals surface area contributed by atoms with Crippen LogP contribution in [0.2, 0.25) is 38.8 Å². The van der Waals surface area contributed by atoms with Gasteiger partial charge in [-0.2, -0.15) is 0 Å². The van der Waals surface area contributed by atoms with Gasteiger partial charge in [-0.25, -0.2) is 0 Å². The fraction of sp³-hybridized carbons (Fsp3) is 0.735. The molecule has 0 unspecified atom stereocenters. The van der Waals surface area contributed by atoms with Crippen LogP contribution in [0.5, 0.6) is 0 Å². The molecule has 16 rings (SSSR count). The summed E-state index contributed by atoms with van der Waals surface area (Å²) in [5, 5.41) is 4.90. The first-order chi connectivity index (χ1) is 33.8. The minimum absolute atomic E-state index is 0.00761. The first kappa shape index (κ1) is 45.9. The molecule has 374 valence electrons. The van der Waals surface area contributed by atoms with E-state index in [0.29, 0.717) is 6.04 Å². The van der Waals surface area contributed by atoms with Crippen molar-refractivity contribution in [3.05, 3.63) is 54.1 Å². The Bertz CT molecular complexity index is 2190. The molecule has 6 saturated heterocycles. The van der Waals surface area contributed by atoms with Gasteiger partial charge >= 0.3 is 70.4 Å². The minimum Gasteiger partial charge on any atom is -0.373 e. The molecule has 0 radical (unpaired) electrons. The number of hydrogen-bond donors (Lipinski definition) is 0. The second-order valence-electron chi connectivity index (χ2n) is 23.7. The van der Waals surface area contributed by atoms with E-state index in [9.17, 15) is 0 Å². The summed E-state index contributed by atoms with van der Waals surface area (Å²) in [6.07, 6.45) is 28.9. The summed E-state index contributed by atoms with van der Waals surface area (Å²) in [6, 6.07) is 18.2. The Labute approximate surface area is 417 Å². The Kier molecular flexibility index (Phi) is 11.3. The zero-order valence-corrected chi connectivity index (χ0v) is 48.6. The molecule has 7 saturated carbocycles. The fourth-order valence-electron chi connectivity index (χ4n) is 16.3. The van der Waals surface area contributed by atoms with Gasteiger partial charge in [0.25, 0.3) is 0 Å². The van der Waals surface area contributed by atoms with Crippen molar-refractivity contribution in [1.82, 2.24) is 0 Å². The lowest BCUT2D eigenvalue weighted by atomic mass is 10.2. The average molecular weight is 1080 g/mol. The van der Waals surface area contributed by atoms with Crippen molar-refractivity contribution in [2.45, 2.75) is 225 Å². The summed E-state index contributed by atoms with van der Waals surface area (Å²) in [7, 11) is -32.3. The predicted molar refractivity (Wildman–Crippen MR) is 275 cm³/mol. The summed E-state index contributed by atoms with van der Waals surface area (Å²) in [5.41, 5.74) is 1.39. The molecule has 7 aliphatic carbocycles. The molecule has 8 bridgehead atoms. The van der Waals surface area contributed by atoms with Gasteiger partial charge in [-0.15, -0.1) is 41.3 Å². The Morgan fingerprint density at radius 2 is 0.580 bits per heavy atom. The maximum Gasteiger partial charge on any atom is 0.482 e. The Morgan fingerprint density at radius 1 is 0.319 bits per heavy atom. The van der Waals surface area contributed by atoms with Crippen molar-refractivity contribution < 1.29 is 49.4 Å². The van der Waals surface area contributed by atoms with E-state index in [1.165, 1.54) is 27.1 Å². The number of benzene rings is 2. The molecule has 0 aromatic heterocycles. The van der Waals surface area contributed by atoms with Crippen LogP contribution in [0.25, 0.3) is 21.5 Å². The third-order valence-electron chi connectivity index (χ3n) is 19.6. The van der Waals surface area contributed by atoms with Crippen LogP contribution in [0.3, 0.4) is 0 Å². The molecule has 0 amide bonds. The van der Waals surface area contributed by atoms with Gasteiger partial charge in [0.05, 0.1) is 0 Å². The number of hydrogen-bond acceptors (Lipinski definition) is 12. The van der Waals surface area contributed by atoms with E-state index < -0.39 is 70.4 Å². The minimum atomic E-state index is -4.23. The summed E-state index contributed by atoms with van der Waals surface area (Å²) >= 11 is 0. The average Bonchev–Trinajstić information content (AvgIpc) is 4.19. The van der Waals surface area contributed by atoms with E-state index >= 15 is 0 Å². The molecule has 13 fully saturated rings. The molecule has 20 heteroatoms. The third kappa shape index (κ3) is 7.15. The van der Waals surface area contributed by atoms with Crippen molar-refractivity contribution >= 4 is 92.0 Å². The smallest absolute Gasteiger partial charge is 0.373 e. The first-order valence-electron chi connectivity index (χ1n) is 28.2. The second-order valence-corrected chi connectivity index (χ2v) is 49.4. The normalized spacial score (nSPS) is 44.1. The van der Waals surface area contributed by atoms with E-state index in [1.54, 1.807) is 0 Å². The van der Waals surface area contributed by atoms with Gasteiger partial charge in [0.2, 0.25) is 0 Å². The monoisotopic (exact) mass is 1080 g/mol. The molecular weight excluding hydrogens is 1010 g/mol. The maximum absolute atomic E-state index is 8.68. The van der Waals surface area contributed by atoms with Crippen LogP contribution < -0.4 is 0 Å². The SMILES string of the molecule is c1ccc2c(c1)c(C[Si]13O[Si]4(C5CCCC5)O[Si]5(C6CCCC6)O[Si](C6CCCC6)(O1)O[Si]1(C6CCCC6)O[Si](C6CCCC6)(O3)O[Si](C3CCCC3)(O4)O[Si](C3CCCC3)(O5)O1)c1cccc[c-]12. The van der Waals surface area contributed by atoms with Crippen molar-refractivity contribution in [3.63, 3.8) is 0 Å². The summed E-state index contributed by atoms with van der Waals surface area (Å²) in [6.45, 7) is 0. The zero-order chi connectivity index (χ0) is 45.6. The van der Waals surface area contributed by atoms with Gasteiger partial charge in [-0.1, -0.05) is 124 Å². The molecule has 69 heavy (non-hydrogen) atoms. The maximum atomic E-state index is 8.68. The van der Waals surface area contributed by atoms with Gasteiger partial charge in [0, 0.05) is 44.8 Å². The molecule has 0 atom stereocenters. The van der Waals surface area contributed by atoms with Crippen LogP contribution in [-0.4, -0.2) is 70.4 Å². The van der Waals surface area contributed by atoms with Crippen molar-refractivity contribution in [2.75, 3.05) is 0 Å². The van der Waals surface area contributed by atoms with Gasteiger partial charge in [0.15, 0.2) is 0 Å². The summed E-state index contributed by atoms with van der Waals surface area (Å²) in [4.78, 5) is 0. The van der Waals surface area contributed by atoms with E-state index in [0.717, 1.165) is 180 Å². The lowest BCUT2D eigenvalue weighted by Gasteiger charge is -2.66. The van der Waals surface area contributed by atoms with Crippen molar-refractivity contribution in [3.8, 4) is 0 Å². The second kappa shape index (κ2) is 17.0. The van der Waals surface area contributed by atoms with E-state index in [2.05, 4.69) is 48.5 Å². The molecule has 6 aliphatic heterocycles. The standard InChI is InChI=1S/C49H73O12Si8/c1-2-20-38(19-1)63-50-62(37-49-47-35-17-15-33-45(47)46-34-16-18-36-48(46)49)51-64(39-21-3-4-22-39)55-66(53-63,41-25-7-8-26-41)59-69(44-31-13-14-32-44)60-67(54-63,42-27-9-10-28-42)56-65(52-62,40-23-5-6-24-40)58-68(57-64,61-69)43-29-11-12-30-43/h15-18,33-36,38-44H,1-14,19-32,37H2/q-1. The zero-order valence-electron chi connectivity index (χ0n) is 40.6. The first-order valence-corrected chi connectivity index (χ1v) is 42.8. The molecule has 6 heterocycles. The molecule has 13 aliphatic rings. The third-order valence-corrected chi connectivity index (χ3v) is 59.1. The quantitative estimate of drug-likeness (QED) is 0.150. The van der Waals surface area contributed by atoms with E-state index in [-0.39, 0.29) is 38.8 Å². The molecule has 12 nitrogen and oxygen atoms in total. The number of fused-ring (bicyclic) bond motifs is 3. The van der Waals surface area contributed by atoms with Crippen molar-refractivity contribution in [1.29, 1.82) is 0 Å². The summed E-state index contributed by atoms with van der Waals surface area (Å²) in [5.74, 6) is 0. The van der Waals surface area contributed by atoms with Crippen LogP contribution in [-0.2, 0) is 55.4 Å². The molecule has 3 aromatic rings. The highest BCUT2D eigenvalue weighted by Crippen LogP contribution is 2.66. The Hall–Kier alpha value is -0.435. The molecule has 3 aromatic carbocycles. The van der Waals surface area contributed by atoms with Crippen LogP contribution in [0, 0.1) is 0 Å². The molecule has 0 spiro atoms. The highest BCUT2D eigenvalue weighted by Gasteiger charge is 2.88. The molecule has 0 N–H and O–H groups in total. The van der Waals surface area contributed by atoms with Gasteiger partial charge < -0.3 is 49.4 Å². The molecular formula is C49H73O12Si8-. The van der Waals surface area contributed by atoms with Gasteiger partial charge in [-0.3, -0.25) is 0 Å². The van der Waals surface area contributed by atoms with Crippen LogP contribution >= 0.6 is 0 Å². The highest BCUT2D eigenvalue weighted by atomic mass is 28.6. The van der Waals surface area contributed by atoms with Crippen LogP contribution in [0.15, 0.2) is 48.5 Å². The largest absolute Gasteiger partial charge is 0.482 e. The van der Waals surface area contributed by atoms with Gasteiger partial charge in [-0.05, 0) is 89.9 Å². The fourth-order valence-corrected chi connectivity index (χ4v) is 72.2. The Balaban J connectivity index is 1.06. The van der Waals surface area contributed by atoms with Gasteiger partial charge in [0.1, 0.15) is 0 Å². The topological polar surface area (TPSA) is 111 Å². The Morgan fingerprint density at radius 3 is 0.899 bits per heavy atom. The van der Waals surface area contributed by atoms with E-state index in [1.807, 2.05) is 0 Å². The van der Waals surface area contributed by atoms with Crippen molar-refractivity contribution in [2.24, 2.45) is 0 Å². The van der Waals surface area contributed by atoms with E-state index in [4.69, 9.17) is 49.4 Å².